The highest BCUT2D eigenvalue weighted by Crippen LogP contribution is 2.18. The smallest absolute Gasteiger partial charge is 0.377 e. The Labute approximate surface area is 99.0 Å². The molecule has 1 atom stereocenters. The van der Waals surface area contributed by atoms with Gasteiger partial charge in [0.2, 0.25) is 0 Å². The first kappa shape index (κ1) is 13.3. The van der Waals surface area contributed by atoms with Crippen LogP contribution in [0.15, 0.2) is 24.3 Å². The number of carboxylic acid groups (broad SMARTS) is 1. The van der Waals surface area contributed by atoms with Gasteiger partial charge < -0.3 is 14.6 Å². The molecule has 0 aromatic heterocycles. The summed E-state index contributed by atoms with van der Waals surface area (Å²) < 4.78 is 10.2. The molecule has 5 nitrogen and oxygen atoms in total. The minimum atomic E-state index is -1.47. The maximum absolute atomic E-state index is 11.3. The van der Waals surface area contributed by atoms with Crippen molar-refractivity contribution in [1.82, 2.24) is 0 Å². The number of methoxy groups -OCH3 is 2. The fourth-order valence-corrected chi connectivity index (χ4v) is 1.46. The van der Waals surface area contributed by atoms with Crippen LogP contribution < -0.4 is 0 Å². The molecule has 0 bridgehead atoms. The first-order valence-electron chi connectivity index (χ1n) is 4.99. The van der Waals surface area contributed by atoms with E-state index in [0.717, 1.165) is 0 Å². The Bertz CT molecular complexity index is 413. The van der Waals surface area contributed by atoms with Gasteiger partial charge in [-0.15, -0.1) is 0 Å². The molecule has 92 valence electrons. The van der Waals surface area contributed by atoms with Crippen molar-refractivity contribution in [1.29, 1.82) is 0 Å². The van der Waals surface area contributed by atoms with Gasteiger partial charge in [-0.2, -0.15) is 0 Å². The number of hydrogen-bond acceptors (Lipinski definition) is 4. The molecule has 1 aromatic carbocycles. The molecule has 1 N–H and O–H groups in total. The van der Waals surface area contributed by atoms with E-state index in [-0.39, 0.29) is 11.7 Å². The van der Waals surface area contributed by atoms with E-state index in [1.54, 1.807) is 12.1 Å². The Morgan fingerprint density at radius 3 is 2.59 bits per heavy atom. The minimum Gasteiger partial charge on any atom is -0.475 e. The third kappa shape index (κ3) is 3.37. The molecule has 5 heteroatoms. The lowest BCUT2D eigenvalue weighted by molar-refractivity contribution is -0.131. The fourth-order valence-electron chi connectivity index (χ4n) is 1.46. The SMILES string of the molecule is COCC(OC)c1cccc(C(=O)C(=O)O)c1. The summed E-state index contributed by atoms with van der Waals surface area (Å²) >= 11 is 0. The summed E-state index contributed by atoms with van der Waals surface area (Å²) in [6.45, 7) is 0.335. The zero-order chi connectivity index (χ0) is 12.8. The number of aliphatic carboxylic acids is 1. The molecule has 0 aliphatic rings. The van der Waals surface area contributed by atoms with Crippen LogP contribution in [0.4, 0.5) is 0 Å². The first-order valence-corrected chi connectivity index (χ1v) is 4.99. The summed E-state index contributed by atoms with van der Waals surface area (Å²) in [5.74, 6) is -2.40. The number of carbonyl (C=O) groups is 2. The van der Waals surface area contributed by atoms with Crippen LogP contribution >= 0.6 is 0 Å². The van der Waals surface area contributed by atoms with Gasteiger partial charge in [-0.3, -0.25) is 4.79 Å². The highest BCUT2D eigenvalue weighted by Gasteiger charge is 2.17. The second-order valence-corrected chi connectivity index (χ2v) is 3.44. The summed E-state index contributed by atoms with van der Waals surface area (Å²) in [4.78, 5) is 21.9. The van der Waals surface area contributed by atoms with Crippen molar-refractivity contribution < 1.29 is 24.2 Å². The second kappa shape index (κ2) is 6.12. The molecule has 0 aliphatic heterocycles. The Balaban J connectivity index is 2.99. The van der Waals surface area contributed by atoms with Crippen LogP contribution in [-0.2, 0) is 14.3 Å². The van der Waals surface area contributed by atoms with E-state index in [1.807, 2.05) is 0 Å². The van der Waals surface area contributed by atoms with E-state index in [9.17, 15) is 9.59 Å². The van der Waals surface area contributed by atoms with Gasteiger partial charge in [-0.1, -0.05) is 18.2 Å². The molecular formula is C12H14O5. The number of ketones is 1. The largest absolute Gasteiger partial charge is 0.475 e. The van der Waals surface area contributed by atoms with E-state index < -0.39 is 11.8 Å². The van der Waals surface area contributed by atoms with Gasteiger partial charge in [0, 0.05) is 19.8 Å². The number of carboxylic acids is 1. The monoisotopic (exact) mass is 238 g/mol. The van der Waals surface area contributed by atoms with Crippen LogP contribution in [0.25, 0.3) is 0 Å². The van der Waals surface area contributed by atoms with Crippen molar-refractivity contribution in [2.24, 2.45) is 0 Å². The predicted octanol–water partition coefficient (Wildman–Crippen LogP) is 1.29. The van der Waals surface area contributed by atoms with Crippen LogP contribution in [0.1, 0.15) is 22.0 Å². The van der Waals surface area contributed by atoms with Crippen LogP contribution in [0.5, 0.6) is 0 Å². The summed E-state index contributed by atoms with van der Waals surface area (Å²) in [5, 5.41) is 8.62. The zero-order valence-corrected chi connectivity index (χ0v) is 9.67. The maximum Gasteiger partial charge on any atom is 0.377 e. The zero-order valence-electron chi connectivity index (χ0n) is 9.67. The van der Waals surface area contributed by atoms with Crippen molar-refractivity contribution >= 4 is 11.8 Å². The highest BCUT2D eigenvalue weighted by molar-refractivity contribution is 6.39. The van der Waals surface area contributed by atoms with E-state index in [4.69, 9.17) is 14.6 Å². The lowest BCUT2D eigenvalue weighted by Crippen LogP contribution is -2.14. The standard InChI is InChI=1S/C12H14O5/c1-16-7-10(17-2)8-4-3-5-9(6-8)11(13)12(14)15/h3-6,10H,7H2,1-2H3,(H,14,15). The molecule has 0 saturated heterocycles. The first-order chi connectivity index (χ1) is 8.10. The molecule has 0 heterocycles. The Kier molecular flexibility index (Phi) is 4.81. The van der Waals surface area contributed by atoms with Crippen LogP contribution in [0.3, 0.4) is 0 Å². The van der Waals surface area contributed by atoms with E-state index in [0.29, 0.717) is 12.2 Å². The van der Waals surface area contributed by atoms with Gasteiger partial charge in [0.1, 0.15) is 6.10 Å². The minimum absolute atomic E-state index is 0.133. The van der Waals surface area contributed by atoms with E-state index in [2.05, 4.69) is 0 Å². The van der Waals surface area contributed by atoms with Gasteiger partial charge >= 0.3 is 5.97 Å². The molecule has 0 fully saturated rings. The van der Waals surface area contributed by atoms with Crippen molar-refractivity contribution in [3.05, 3.63) is 35.4 Å². The lowest BCUT2D eigenvalue weighted by Gasteiger charge is -2.15. The van der Waals surface area contributed by atoms with Crippen molar-refractivity contribution in [2.75, 3.05) is 20.8 Å². The Hall–Kier alpha value is -1.72. The van der Waals surface area contributed by atoms with Crippen LogP contribution in [0, 0.1) is 0 Å². The van der Waals surface area contributed by atoms with Gasteiger partial charge in [-0.05, 0) is 11.6 Å². The molecule has 0 spiro atoms. The average Bonchev–Trinajstić information content (AvgIpc) is 2.35. The van der Waals surface area contributed by atoms with Crippen molar-refractivity contribution in [3.8, 4) is 0 Å². The molecule has 1 rings (SSSR count). The van der Waals surface area contributed by atoms with Crippen LogP contribution in [-0.4, -0.2) is 37.7 Å². The summed E-state index contributed by atoms with van der Waals surface area (Å²) in [5.41, 5.74) is 0.842. The molecule has 1 unspecified atom stereocenters. The number of benzene rings is 1. The predicted molar refractivity (Wildman–Crippen MR) is 60.0 cm³/mol. The molecule has 1 aromatic rings. The molecule has 0 saturated carbocycles. The molecule has 17 heavy (non-hydrogen) atoms. The Morgan fingerprint density at radius 2 is 2.06 bits per heavy atom. The number of hydrogen-bond donors (Lipinski definition) is 1. The van der Waals surface area contributed by atoms with Crippen molar-refractivity contribution in [3.63, 3.8) is 0 Å². The topological polar surface area (TPSA) is 72.8 Å². The van der Waals surface area contributed by atoms with Crippen molar-refractivity contribution in [2.45, 2.75) is 6.10 Å². The number of carbonyl (C=O) groups excluding carboxylic acids is 1. The highest BCUT2D eigenvalue weighted by atomic mass is 16.5. The molecule has 0 aliphatic carbocycles. The second-order valence-electron chi connectivity index (χ2n) is 3.44. The van der Waals surface area contributed by atoms with Crippen LogP contribution in [0.2, 0.25) is 0 Å². The quantitative estimate of drug-likeness (QED) is 0.597. The third-order valence-electron chi connectivity index (χ3n) is 2.32. The van der Waals surface area contributed by atoms with Gasteiger partial charge in [0.05, 0.1) is 6.61 Å². The molecule has 0 radical (unpaired) electrons. The maximum atomic E-state index is 11.3. The third-order valence-corrected chi connectivity index (χ3v) is 2.32. The molecular weight excluding hydrogens is 224 g/mol. The normalized spacial score (nSPS) is 12.1. The fraction of sp³-hybridized carbons (Fsp3) is 0.333. The molecule has 0 amide bonds. The van der Waals surface area contributed by atoms with Gasteiger partial charge in [0.25, 0.3) is 5.78 Å². The lowest BCUT2D eigenvalue weighted by atomic mass is 10.0. The summed E-state index contributed by atoms with van der Waals surface area (Å²) in [6.07, 6.45) is -0.318. The van der Waals surface area contributed by atoms with Gasteiger partial charge in [-0.25, -0.2) is 4.79 Å². The van der Waals surface area contributed by atoms with E-state index in [1.165, 1.54) is 26.4 Å². The average molecular weight is 238 g/mol. The number of rotatable bonds is 6. The summed E-state index contributed by atoms with van der Waals surface area (Å²) in [7, 11) is 3.06. The number of Topliss-reactive ketones (excluding diaryl/α,β-unsaturated/α-hetero) is 1. The Morgan fingerprint density at radius 1 is 1.35 bits per heavy atom. The number of ether oxygens (including phenoxy) is 2. The van der Waals surface area contributed by atoms with Gasteiger partial charge in [0.15, 0.2) is 0 Å². The summed E-state index contributed by atoms with van der Waals surface area (Å²) in [6, 6.07) is 6.34. The van der Waals surface area contributed by atoms with E-state index >= 15 is 0 Å².